The molecule has 0 atom stereocenters. The molecule has 1 aromatic rings. The van der Waals surface area contributed by atoms with Crippen molar-refractivity contribution in [3.8, 4) is 0 Å². The lowest BCUT2D eigenvalue weighted by molar-refractivity contribution is -0.143. The fraction of sp³-hybridized carbons (Fsp3) is 0.467. The Morgan fingerprint density at radius 3 is 2.60 bits per heavy atom. The number of benzene rings is 1. The molecule has 0 spiro atoms. The van der Waals surface area contributed by atoms with Crippen LogP contribution in [-0.4, -0.2) is 36.5 Å². The lowest BCUT2D eigenvalue weighted by atomic mass is 10.1. The molecule has 1 rings (SSSR count). The molecule has 110 valence electrons. The Balaban J connectivity index is 2.93. The van der Waals surface area contributed by atoms with E-state index in [2.05, 4.69) is 0 Å². The second-order valence-corrected chi connectivity index (χ2v) is 4.85. The van der Waals surface area contributed by atoms with E-state index in [9.17, 15) is 9.59 Å². The number of esters is 1. The van der Waals surface area contributed by atoms with Crippen LogP contribution in [0.2, 0.25) is 5.02 Å². The molecule has 0 fully saturated rings. The van der Waals surface area contributed by atoms with Crippen LogP contribution < -0.4 is 0 Å². The van der Waals surface area contributed by atoms with Gasteiger partial charge >= 0.3 is 5.97 Å². The first-order chi connectivity index (χ1) is 9.51. The number of amides is 1. The second-order valence-electron chi connectivity index (χ2n) is 4.47. The molecule has 0 aliphatic heterocycles. The van der Waals surface area contributed by atoms with Crippen LogP contribution in [0.4, 0.5) is 0 Å². The van der Waals surface area contributed by atoms with Gasteiger partial charge in [-0.05, 0) is 31.9 Å². The zero-order valence-corrected chi connectivity index (χ0v) is 12.9. The molecule has 0 aliphatic carbocycles. The molecule has 20 heavy (non-hydrogen) atoms. The summed E-state index contributed by atoms with van der Waals surface area (Å²) in [6, 6.07) is 5.29. The summed E-state index contributed by atoms with van der Waals surface area (Å²) in [6.07, 6.45) is 0.759. The average molecular weight is 298 g/mol. The van der Waals surface area contributed by atoms with Gasteiger partial charge in [0, 0.05) is 6.54 Å². The van der Waals surface area contributed by atoms with Gasteiger partial charge in [0.2, 0.25) is 0 Å². The van der Waals surface area contributed by atoms with Crippen LogP contribution in [-0.2, 0) is 9.53 Å². The van der Waals surface area contributed by atoms with Gasteiger partial charge in [0.05, 0.1) is 17.2 Å². The van der Waals surface area contributed by atoms with Crippen molar-refractivity contribution in [2.75, 3.05) is 19.7 Å². The van der Waals surface area contributed by atoms with Gasteiger partial charge in [-0.1, -0.05) is 30.7 Å². The summed E-state index contributed by atoms with van der Waals surface area (Å²) in [5.41, 5.74) is 1.26. The Morgan fingerprint density at radius 1 is 1.30 bits per heavy atom. The van der Waals surface area contributed by atoms with Crippen LogP contribution in [0.15, 0.2) is 18.2 Å². The van der Waals surface area contributed by atoms with E-state index in [1.54, 1.807) is 19.1 Å². The van der Waals surface area contributed by atoms with Crippen molar-refractivity contribution < 1.29 is 14.3 Å². The minimum absolute atomic E-state index is 0.0508. The molecule has 4 nitrogen and oxygen atoms in total. The molecular formula is C15H20ClNO3. The highest BCUT2D eigenvalue weighted by Crippen LogP contribution is 2.21. The highest BCUT2D eigenvalue weighted by Gasteiger charge is 2.21. The van der Waals surface area contributed by atoms with E-state index < -0.39 is 5.97 Å². The third-order valence-electron chi connectivity index (χ3n) is 2.83. The number of halogens is 1. The number of carbonyl (C=O) groups excluding carboxylic acids is 2. The quantitative estimate of drug-likeness (QED) is 0.758. The predicted octanol–water partition coefficient (Wildman–Crippen LogP) is 3.06. The number of hydrogen-bond acceptors (Lipinski definition) is 3. The van der Waals surface area contributed by atoms with Crippen molar-refractivity contribution in [3.63, 3.8) is 0 Å². The van der Waals surface area contributed by atoms with E-state index in [-0.39, 0.29) is 12.5 Å². The standard InChI is InChI=1S/C15H20ClNO3/c1-4-9-17(10-13(18)20-5-2)15(19)12-8-6-7-11(3)14(12)16/h6-8H,4-5,9-10H2,1-3H3. The average Bonchev–Trinajstić information content (AvgIpc) is 2.41. The molecule has 0 aromatic heterocycles. The van der Waals surface area contributed by atoms with Gasteiger partial charge in [-0.15, -0.1) is 0 Å². The van der Waals surface area contributed by atoms with Crippen molar-refractivity contribution in [1.82, 2.24) is 4.90 Å². The molecule has 5 heteroatoms. The molecule has 0 unspecified atom stereocenters. The van der Waals surface area contributed by atoms with Crippen LogP contribution in [0, 0.1) is 6.92 Å². The summed E-state index contributed by atoms with van der Waals surface area (Å²) in [5.74, 6) is -0.647. The number of ether oxygens (including phenoxy) is 1. The predicted molar refractivity (Wildman–Crippen MR) is 79.0 cm³/mol. The third kappa shape index (κ3) is 4.23. The Labute approximate surface area is 124 Å². The second kappa shape index (κ2) is 7.90. The van der Waals surface area contributed by atoms with E-state index >= 15 is 0 Å². The summed E-state index contributed by atoms with van der Waals surface area (Å²) in [4.78, 5) is 25.5. The number of hydrogen-bond donors (Lipinski definition) is 0. The number of carbonyl (C=O) groups is 2. The maximum Gasteiger partial charge on any atom is 0.325 e. The molecule has 0 bridgehead atoms. The molecule has 1 aromatic carbocycles. The maximum atomic E-state index is 12.5. The highest BCUT2D eigenvalue weighted by molar-refractivity contribution is 6.34. The molecule has 0 saturated heterocycles. The van der Waals surface area contributed by atoms with Gasteiger partial charge in [-0.3, -0.25) is 9.59 Å². The van der Waals surface area contributed by atoms with Gasteiger partial charge in [0.1, 0.15) is 6.54 Å². The molecule has 0 N–H and O–H groups in total. The molecular weight excluding hydrogens is 278 g/mol. The van der Waals surface area contributed by atoms with Crippen molar-refractivity contribution in [3.05, 3.63) is 34.3 Å². The van der Waals surface area contributed by atoms with Gasteiger partial charge in [0.25, 0.3) is 5.91 Å². The minimum atomic E-state index is -0.405. The van der Waals surface area contributed by atoms with Crippen LogP contribution in [0.25, 0.3) is 0 Å². The van der Waals surface area contributed by atoms with Crippen LogP contribution in [0.1, 0.15) is 36.2 Å². The zero-order chi connectivity index (χ0) is 15.1. The summed E-state index contributed by atoms with van der Waals surface area (Å²) < 4.78 is 4.89. The number of aryl methyl sites for hydroxylation is 1. The Kier molecular flexibility index (Phi) is 6.52. The zero-order valence-electron chi connectivity index (χ0n) is 12.1. The fourth-order valence-electron chi connectivity index (χ4n) is 1.87. The maximum absolute atomic E-state index is 12.5. The van der Waals surface area contributed by atoms with E-state index in [0.717, 1.165) is 12.0 Å². The Morgan fingerprint density at radius 2 is 2.00 bits per heavy atom. The van der Waals surface area contributed by atoms with Gasteiger partial charge in [-0.25, -0.2) is 0 Å². The summed E-state index contributed by atoms with van der Waals surface area (Å²) in [6.45, 7) is 6.27. The normalized spacial score (nSPS) is 10.2. The molecule has 0 radical (unpaired) electrons. The van der Waals surface area contributed by atoms with Gasteiger partial charge in [0.15, 0.2) is 0 Å². The smallest absolute Gasteiger partial charge is 0.325 e. The van der Waals surface area contributed by atoms with E-state index in [1.807, 2.05) is 19.9 Å². The fourth-order valence-corrected chi connectivity index (χ4v) is 2.07. The van der Waals surface area contributed by atoms with Crippen LogP contribution in [0.5, 0.6) is 0 Å². The number of nitrogens with zero attached hydrogens (tertiary/aromatic N) is 1. The molecule has 0 saturated carbocycles. The monoisotopic (exact) mass is 297 g/mol. The first-order valence-electron chi connectivity index (χ1n) is 6.71. The summed E-state index contributed by atoms with van der Waals surface area (Å²) >= 11 is 6.17. The van der Waals surface area contributed by atoms with E-state index in [4.69, 9.17) is 16.3 Å². The summed E-state index contributed by atoms with van der Waals surface area (Å²) in [7, 11) is 0. The van der Waals surface area contributed by atoms with E-state index in [1.165, 1.54) is 4.90 Å². The van der Waals surface area contributed by atoms with Gasteiger partial charge < -0.3 is 9.64 Å². The van der Waals surface area contributed by atoms with Crippen molar-refractivity contribution >= 4 is 23.5 Å². The van der Waals surface area contributed by atoms with Crippen molar-refractivity contribution in [2.45, 2.75) is 27.2 Å². The lowest BCUT2D eigenvalue weighted by Crippen LogP contribution is -2.37. The van der Waals surface area contributed by atoms with Crippen molar-refractivity contribution in [2.24, 2.45) is 0 Å². The van der Waals surface area contributed by atoms with Crippen LogP contribution in [0.3, 0.4) is 0 Å². The highest BCUT2D eigenvalue weighted by atomic mass is 35.5. The molecule has 1 amide bonds. The largest absolute Gasteiger partial charge is 0.465 e. The SMILES string of the molecule is CCCN(CC(=O)OCC)C(=O)c1cccc(C)c1Cl. The minimum Gasteiger partial charge on any atom is -0.465 e. The lowest BCUT2D eigenvalue weighted by Gasteiger charge is -2.22. The molecule has 0 heterocycles. The van der Waals surface area contributed by atoms with E-state index in [0.29, 0.717) is 23.7 Å². The number of rotatable bonds is 6. The Bertz CT molecular complexity index is 488. The van der Waals surface area contributed by atoms with Gasteiger partial charge in [-0.2, -0.15) is 0 Å². The third-order valence-corrected chi connectivity index (χ3v) is 3.33. The first-order valence-corrected chi connectivity index (χ1v) is 7.09. The molecule has 0 aliphatic rings. The topological polar surface area (TPSA) is 46.6 Å². The first kappa shape index (κ1) is 16.5. The Hall–Kier alpha value is -1.55. The van der Waals surface area contributed by atoms with Crippen molar-refractivity contribution in [1.29, 1.82) is 0 Å². The van der Waals surface area contributed by atoms with Crippen LogP contribution >= 0.6 is 11.6 Å². The summed E-state index contributed by atoms with van der Waals surface area (Å²) in [5, 5.41) is 0.433.